The fourth-order valence-corrected chi connectivity index (χ4v) is 3.19. The van der Waals surface area contributed by atoms with Crippen LogP contribution in [0.25, 0.3) is 0 Å². The molecule has 1 unspecified atom stereocenters. The number of aryl methyl sites for hydroxylation is 1. The Balaban J connectivity index is 2.89. The van der Waals surface area contributed by atoms with Crippen LogP contribution in [0.1, 0.15) is 110 Å². The average molecular weight is 307 g/mol. The first kappa shape index (κ1) is 19.3. The molecule has 0 aromatic carbocycles. The lowest BCUT2D eigenvalue weighted by Crippen LogP contribution is -2.19. The smallest absolute Gasteiger partial charge is 0.109 e. The quantitative estimate of drug-likeness (QED) is 0.500. The van der Waals surface area contributed by atoms with E-state index in [1.807, 2.05) is 0 Å². The molecule has 2 nitrogen and oxygen atoms in total. The lowest BCUT2D eigenvalue weighted by molar-refractivity contribution is 0.453. The van der Waals surface area contributed by atoms with Gasteiger partial charge in [-0.15, -0.1) is 0 Å². The minimum Gasteiger partial charge on any atom is -0.345 e. The summed E-state index contributed by atoms with van der Waals surface area (Å²) in [4.78, 5) is 8.70. The Morgan fingerprint density at radius 3 is 2.32 bits per heavy atom. The van der Waals surface area contributed by atoms with Gasteiger partial charge in [-0.25, -0.2) is 4.98 Å². The van der Waals surface area contributed by atoms with Gasteiger partial charge in [0.1, 0.15) is 5.82 Å². The zero-order valence-corrected chi connectivity index (χ0v) is 16.1. The molecule has 0 saturated carbocycles. The van der Waals surface area contributed by atoms with Crippen LogP contribution in [0.3, 0.4) is 0 Å². The second-order valence-electron chi connectivity index (χ2n) is 8.03. The predicted octanol–water partition coefficient (Wildman–Crippen LogP) is 6.37. The number of imidazole rings is 1. The third-order valence-electron chi connectivity index (χ3n) is 4.85. The van der Waals surface area contributed by atoms with Crippen LogP contribution >= 0.6 is 0 Å². The van der Waals surface area contributed by atoms with Crippen molar-refractivity contribution in [3.63, 3.8) is 0 Å². The number of aromatic nitrogens is 2. The van der Waals surface area contributed by atoms with E-state index in [9.17, 15) is 0 Å². The molecule has 0 aliphatic rings. The number of hydrogen-bond acceptors (Lipinski definition) is 1. The minimum atomic E-state index is 0.185. The zero-order valence-electron chi connectivity index (χ0n) is 16.1. The molecule has 2 heteroatoms. The summed E-state index contributed by atoms with van der Waals surface area (Å²) in [5.41, 5.74) is 2.91. The van der Waals surface area contributed by atoms with Crippen LogP contribution < -0.4 is 0 Å². The van der Waals surface area contributed by atoms with E-state index < -0.39 is 0 Å². The molecule has 1 aromatic rings. The molecule has 0 radical (unpaired) electrons. The highest BCUT2D eigenvalue weighted by atomic mass is 15.0. The summed E-state index contributed by atoms with van der Waals surface area (Å²) >= 11 is 0. The molecule has 1 N–H and O–H groups in total. The van der Waals surface area contributed by atoms with Crippen LogP contribution in [0.15, 0.2) is 0 Å². The van der Waals surface area contributed by atoms with Gasteiger partial charge in [-0.2, -0.15) is 0 Å². The van der Waals surface area contributed by atoms with Crippen LogP contribution in [-0.4, -0.2) is 9.97 Å². The van der Waals surface area contributed by atoms with Crippen molar-refractivity contribution >= 4 is 0 Å². The maximum absolute atomic E-state index is 5.03. The molecule has 1 aromatic heterocycles. The van der Waals surface area contributed by atoms with Crippen LogP contribution in [0.2, 0.25) is 0 Å². The normalized spacial score (nSPS) is 13.8. The first-order valence-corrected chi connectivity index (χ1v) is 9.41. The van der Waals surface area contributed by atoms with Gasteiger partial charge >= 0.3 is 0 Å². The number of aromatic amines is 1. The third kappa shape index (κ3) is 5.44. The van der Waals surface area contributed by atoms with Gasteiger partial charge in [-0.05, 0) is 31.6 Å². The van der Waals surface area contributed by atoms with Gasteiger partial charge in [0.05, 0.1) is 5.69 Å². The monoisotopic (exact) mass is 306 g/mol. The first-order valence-electron chi connectivity index (χ1n) is 9.41. The summed E-state index contributed by atoms with van der Waals surface area (Å²) in [7, 11) is 0. The Hall–Kier alpha value is -0.790. The van der Waals surface area contributed by atoms with Crippen molar-refractivity contribution in [2.45, 2.75) is 105 Å². The summed E-state index contributed by atoms with van der Waals surface area (Å²) in [6.07, 6.45) is 8.65. The van der Waals surface area contributed by atoms with Gasteiger partial charge in [-0.1, -0.05) is 67.7 Å². The topological polar surface area (TPSA) is 28.7 Å². The Bertz CT molecular complexity index is 429. The van der Waals surface area contributed by atoms with Crippen LogP contribution in [0.5, 0.6) is 0 Å². The maximum Gasteiger partial charge on any atom is 0.109 e. The molecule has 128 valence electrons. The SMILES string of the molecule is CCCC(C)(C)c1nc(C(C)CC)[nH]c1CCCCC(C)C. The van der Waals surface area contributed by atoms with Gasteiger partial charge in [0.15, 0.2) is 0 Å². The number of nitrogens with one attached hydrogen (secondary N) is 1. The molecule has 1 heterocycles. The second-order valence-corrected chi connectivity index (χ2v) is 8.03. The summed E-state index contributed by atoms with van der Waals surface area (Å²) in [5.74, 6) is 2.54. The first-order chi connectivity index (χ1) is 10.3. The van der Waals surface area contributed by atoms with Crippen molar-refractivity contribution in [2.24, 2.45) is 5.92 Å². The molecule has 22 heavy (non-hydrogen) atoms. The summed E-state index contributed by atoms with van der Waals surface area (Å²) in [6.45, 7) is 16.1. The lowest BCUT2D eigenvalue weighted by Gasteiger charge is -2.23. The molecule has 0 aliphatic heterocycles. The van der Waals surface area contributed by atoms with Gasteiger partial charge in [0.25, 0.3) is 0 Å². The summed E-state index contributed by atoms with van der Waals surface area (Å²) < 4.78 is 0. The molecule has 0 fully saturated rings. The van der Waals surface area contributed by atoms with Crippen LogP contribution in [0, 0.1) is 5.92 Å². The molecular formula is C20H38N2. The number of unbranched alkanes of at least 4 members (excludes halogenated alkanes) is 1. The summed E-state index contributed by atoms with van der Waals surface area (Å²) in [6, 6.07) is 0. The van der Waals surface area contributed by atoms with Crippen molar-refractivity contribution in [3.05, 3.63) is 17.2 Å². The molecule has 0 bridgehead atoms. The van der Waals surface area contributed by atoms with Gasteiger partial charge in [0, 0.05) is 17.0 Å². The van der Waals surface area contributed by atoms with E-state index in [1.54, 1.807) is 0 Å². The van der Waals surface area contributed by atoms with E-state index in [4.69, 9.17) is 4.98 Å². The summed E-state index contributed by atoms with van der Waals surface area (Å²) in [5, 5.41) is 0. The van der Waals surface area contributed by atoms with Gasteiger partial charge < -0.3 is 4.98 Å². The van der Waals surface area contributed by atoms with E-state index in [-0.39, 0.29) is 5.41 Å². The molecule has 1 atom stereocenters. The number of rotatable bonds is 10. The minimum absolute atomic E-state index is 0.185. The molecule has 1 rings (SSSR count). The molecule has 0 spiro atoms. The fraction of sp³-hybridized carbons (Fsp3) is 0.850. The van der Waals surface area contributed by atoms with Gasteiger partial charge in [-0.3, -0.25) is 0 Å². The van der Waals surface area contributed by atoms with E-state index in [0.717, 1.165) is 18.8 Å². The van der Waals surface area contributed by atoms with Crippen molar-refractivity contribution in [1.29, 1.82) is 0 Å². The standard InChI is InChI=1S/C20H38N2/c1-8-14-20(6,7)18-17(13-11-10-12-15(3)4)21-19(22-18)16(5)9-2/h15-16H,8-14H2,1-7H3,(H,21,22). The van der Waals surface area contributed by atoms with Crippen molar-refractivity contribution in [2.75, 3.05) is 0 Å². The third-order valence-corrected chi connectivity index (χ3v) is 4.85. The molecule has 0 amide bonds. The van der Waals surface area contributed by atoms with E-state index in [0.29, 0.717) is 5.92 Å². The van der Waals surface area contributed by atoms with Gasteiger partial charge in [0.2, 0.25) is 0 Å². The van der Waals surface area contributed by atoms with E-state index in [2.05, 4.69) is 53.5 Å². The Kier molecular flexibility index (Phi) is 7.65. The lowest BCUT2D eigenvalue weighted by atomic mass is 9.83. The van der Waals surface area contributed by atoms with E-state index in [1.165, 1.54) is 49.3 Å². The highest BCUT2D eigenvalue weighted by Crippen LogP contribution is 2.32. The molecule has 0 aliphatic carbocycles. The van der Waals surface area contributed by atoms with E-state index >= 15 is 0 Å². The number of hydrogen-bond donors (Lipinski definition) is 1. The molecular weight excluding hydrogens is 268 g/mol. The van der Waals surface area contributed by atoms with Crippen molar-refractivity contribution in [3.8, 4) is 0 Å². The predicted molar refractivity (Wildman–Crippen MR) is 97.6 cm³/mol. The Labute approximate surface area is 138 Å². The largest absolute Gasteiger partial charge is 0.345 e. The van der Waals surface area contributed by atoms with Crippen LogP contribution in [-0.2, 0) is 11.8 Å². The Morgan fingerprint density at radius 1 is 1.09 bits per heavy atom. The second kappa shape index (κ2) is 8.74. The highest BCUT2D eigenvalue weighted by Gasteiger charge is 2.27. The zero-order chi connectivity index (χ0) is 16.8. The highest BCUT2D eigenvalue weighted by molar-refractivity contribution is 5.24. The van der Waals surface area contributed by atoms with Crippen LogP contribution in [0.4, 0.5) is 0 Å². The number of H-pyrrole nitrogens is 1. The average Bonchev–Trinajstić information content (AvgIpc) is 2.87. The fourth-order valence-electron chi connectivity index (χ4n) is 3.19. The number of nitrogens with zero attached hydrogens (tertiary/aromatic N) is 1. The molecule has 0 saturated heterocycles. The van der Waals surface area contributed by atoms with Crippen molar-refractivity contribution in [1.82, 2.24) is 9.97 Å². The Morgan fingerprint density at radius 2 is 1.77 bits per heavy atom. The maximum atomic E-state index is 5.03. The van der Waals surface area contributed by atoms with Crippen molar-refractivity contribution < 1.29 is 0 Å².